The monoisotopic (exact) mass is 394 g/mol. The van der Waals surface area contributed by atoms with E-state index in [0.29, 0.717) is 31.4 Å². The topological polar surface area (TPSA) is 52.6 Å². The van der Waals surface area contributed by atoms with Gasteiger partial charge >= 0.3 is 11.9 Å². The third kappa shape index (κ3) is 5.06. The standard InChI is InChI=1S/C25H30O4/c1-18(2)17-28-24(27)25(16-20-13-11-19(3)12-14-20)15-7-10-22(25)29-23(26)21-8-5-4-6-9-21/h4-6,8-9,11-14,18,22H,7,10,15-17H2,1-3H3. The van der Waals surface area contributed by atoms with Gasteiger partial charge in [-0.1, -0.05) is 61.9 Å². The lowest BCUT2D eigenvalue weighted by molar-refractivity contribution is -0.162. The summed E-state index contributed by atoms with van der Waals surface area (Å²) in [5.74, 6) is -0.389. The first-order valence-corrected chi connectivity index (χ1v) is 10.4. The molecule has 0 spiro atoms. The number of benzene rings is 2. The highest BCUT2D eigenvalue weighted by molar-refractivity contribution is 5.90. The Hall–Kier alpha value is -2.62. The number of carbonyl (C=O) groups excluding carboxylic acids is 2. The zero-order chi connectivity index (χ0) is 20.9. The van der Waals surface area contributed by atoms with E-state index in [-0.39, 0.29) is 17.9 Å². The number of rotatable bonds is 7. The quantitative estimate of drug-likeness (QED) is 0.611. The number of carbonyl (C=O) groups is 2. The number of aryl methyl sites for hydroxylation is 1. The van der Waals surface area contributed by atoms with Crippen molar-refractivity contribution in [1.82, 2.24) is 0 Å². The van der Waals surface area contributed by atoms with Gasteiger partial charge in [-0.3, -0.25) is 4.79 Å². The first kappa shape index (κ1) is 21.1. The van der Waals surface area contributed by atoms with E-state index in [4.69, 9.17) is 9.47 Å². The molecule has 2 atom stereocenters. The third-order valence-electron chi connectivity index (χ3n) is 5.56. The molecule has 3 rings (SSSR count). The molecule has 1 saturated carbocycles. The smallest absolute Gasteiger partial charge is 0.338 e. The summed E-state index contributed by atoms with van der Waals surface area (Å²) in [7, 11) is 0. The largest absolute Gasteiger partial charge is 0.465 e. The van der Waals surface area contributed by atoms with E-state index in [9.17, 15) is 9.59 Å². The number of hydrogen-bond acceptors (Lipinski definition) is 4. The van der Waals surface area contributed by atoms with Crippen molar-refractivity contribution in [2.75, 3.05) is 6.61 Å². The molecule has 2 aromatic carbocycles. The average Bonchev–Trinajstić information content (AvgIpc) is 3.11. The van der Waals surface area contributed by atoms with E-state index in [0.717, 1.165) is 12.0 Å². The summed E-state index contributed by atoms with van der Waals surface area (Å²) >= 11 is 0. The van der Waals surface area contributed by atoms with Crippen LogP contribution in [-0.4, -0.2) is 24.6 Å². The summed E-state index contributed by atoms with van der Waals surface area (Å²) in [4.78, 5) is 26.0. The van der Waals surface area contributed by atoms with Crippen molar-refractivity contribution >= 4 is 11.9 Å². The highest BCUT2D eigenvalue weighted by atomic mass is 16.6. The molecule has 0 radical (unpaired) electrons. The minimum Gasteiger partial charge on any atom is -0.465 e. The van der Waals surface area contributed by atoms with Crippen molar-refractivity contribution in [3.63, 3.8) is 0 Å². The van der Waals surface area contributed by atoms with Crippen LogP contribution in [0, 0.1) is 18.3 Å². The van der Waals surface area contributed by atoms with Crippen LogP contribution in [0.2, 0.25) is 0 Å². The zero-order valence-corrected chi connectivity index (χ0v) is 17.5. The molecule has 0 bridgehead atoms. The molecular formula is C25H30O4. The normalized spacial score (nSPS) is 21.2. The van der Waals surface area contributed by atoms with Crippen LogP contribution in [0.25, 0.3) is 0 Å². The molecule has 0 aromatic heterocycles. The van der Waals surface area contributed by atoms with Gasteiger partial charge in [-0.25, -0.2) is 4.79 Å². The summed E-state index contributed by atoms with van der Waals surface area (Å²) in [5.41, 5.74) is 1.89. The molecule has 1 aliphatic carbocycles. The molecule has 154 valence electrons. The Morgan fingerprint density at radius 3 is 2.41 bits per heavy atom. The fraction of sp³-hybridized carbons (Fsp3) is 0.440. The van der Waals surface area contributed by atoms with Gasteiger partial charge in [0.05, 0.1) is 12.2 Å². The molecule has 1 aliphatic rings. The molecule has 0 N–H and O–H groups in total. The molecule has 4 nitrogen and oxygen atoms in total. The third-order valence-corrected chi connectivity index (χ3v) is 5.56. The molecule has 2 aromatic rings. The fourth-order valence-electron chi connectivity index (χ4n) is 3.95. The van der Waals surface area contributed by atoms with E-state index in [2.05, 4.69) is 0 Å². The van der Waals surface area contributed by atoms with E-state index >= 15 is 0 Å². The van der Waals surface area contributed by atoms with Crippen LogP contribution in [-0.2, 0) is 20.7 Å². The molecule has 0 saturated heterocycles. The lowest BCUT2D eigenvalue weighted by atomic mass is 9.78. The molecule has 1 fully saturated rings. The Labute approximate surface area is 173 Å². The maximum atomic E-state index is 13.3. The molecule has 29 heavy (non-hydrogen) atoms. The van der Waals surface area contributed by atoms with Gasteiger partial charge in [0.1, 0.15) is 11.5 Å². The van der Waals surface area contributed by atoms with Gasteiger partial charge in [0.25, 0.3) is 0 Å². The Morgan fingerprint density at radius 2 is 1.76 bits per heavy atom. The minimum atomic E-state index is -0.839. The summed E-state index contributed by atoms with van der Waals surface area (Å²) in [6.07, 6.45) is 2.18. The summed E-state index contributed by atoms with van der Waals surface area (Å²) < 4.78 is 11.6. The van der Waals surface area contributed by atoms with Crippen LogP contribution in [0.1, 0.15) is 54.6 Å². The zero-order valence-electron chi connectivity index (χ0n) is 17.5. The first-order chi connectivity index (χ1) is 13.9. The van der Waals surface area contributed by atoms with Crippen molar-refractivity contribution in [3.05, 3.63) is 71.3 Å². The van der Waals surface area contributed by atoms with Crippen molar-refractivity contribution in [3.8, 4) is 0 Å². The Balaban J connectivity index is 1.86. The summed E-state index contributed by atoms with van der Waals surface area (Å²) in [6, 6.07) is 17.1. The van der Waals surface area contributed by atoms with Crippen molar-refractivity contribution < 1.29 is 19.1 Å². The minimum absolute atomic E-state index is 0.252. The van der Waals surface area contributed by atoms with Crippen LogP contribution in [0.5, 0.6) is 0 Å². The average molecular weight is 395 g/mol. The number of ether oxygens (including phenoxy) is 2. The molecule has 0 aliphatic heterocycles. The molecule has 2 unspecified atom stereocenters. The maximum Gasteiger partial charge on any atom is 0.338 e. The van der Waals surface area contributed by atoms with Crippen LogP contribution in [0.4, 0.5) is 0 Å². The van der Waals surface area contributed by atoms with Gasteiger partial charge in [-0.05, 0) is 56.2 Å². The van der Waals surface area contributed by atoms with Crippen molar-refractivity contribution in [2.45, 2.75) is 52.6 Å². The SMILES string of the molecule is Cc1ccc(CC2(C(=O)OCC(C)C)CCCC2OC(=O)c2ccccc2)cc1. The van der Waals surface area contributed by atoms with E-state index in [1.54, 1.807) is 12.1 Å². The molecular weight excluding hydrogens is 364 g/mol. The fourth-order valence-corrected chi connectivity index (χ4v) is 3.95. The lowest BCUT2D eigenvalue weighted by Gasteiger charge is -2.33. The predicted molar refractivity (Wildman–Crippen MR) is 113 cm³/mol. The van der Waals surface area contributed by atoms with Gasteiger partial charge < -0.3 is 9.47 Å². The Kier molecular flexibility index (Phi) is 6.73. The highest BCUT2D eigenvalue weighted by Gasteiger charge is 2.52. The van der Waals surface area contributed by atoms with E-state index in [1.165, 1.54) is 5.56 Å². The molecule has 0 amide bonds. The van der Waals surface area contributed by atoms with Crippen LogP contribution in [0.15, 0.2) is 54.6 Å². The van der Waals surface area contributed by atoms with Gasteiger partial charge in [-0.15, -0.1) is 0 Å². The second-order valence-corrected chi connectivity index (χ2v) is 8.46. The number of esters is 2. The van der Waals surface area contributed by atoms with E-state index < -0.39 is 11.5 Å². The Morgan fingerprint density at radius 1 is 1.07 bits per heavy atom. The van der Waals surface area contributed by atoms with E-state index in [1.807, 2.05) is 63.2 Å². The van der Waals surface area contributed by atoms with Crippen molar-refractivity contribution in [2.24, 2.45) is 11.3 Å². The lowest BCUT2D eigenvalue weighted by Crippen LogP contribution is -2.44. The van der Waals surface area contributed by atoms with Crippen LogP contribution >= 0.6 is 0 Å². The number of hydrogen-bond donors (Lipinski definition) is 0. The second-order valence-electron chi connectivity index (χ2n) is 8.46. The first-order valence-electron chi connectivity index (χ1n) is 10.4. The molecule has 4 heteroatoms. The predicted octanol–water partition coefficient (Wildman–Crippen LogP) is 5.13. The van der Waals surface area contributed by atoms with Crippen LogP contribution < -0.4 is 0 Å². The second kappa shape index (κ2) is 9.25. The molecule has 0 heterocycles. The van der Waals surface area contributed by atoms with Crippen molar-refractivity contribution in [1.29, 1.82) is 0 Å². The van der Waals surface area contributed by atoms with Gasteiger partial charge in [-0.2, -0.15) is 0 Å². The van der Waals surface area contributed by atoms with Gasteiger partial charge in [0.15, 0.2) is 0 Å². The highest BCUT2D eigenvalue weighted by Crippen LogP contribution is 2.44. The summed E-state index contributed by atoms with van der Waals surface area (Å²) in [5, 5.41) is 0. The van der Waals surface area contributed by atoms with Gasteiger partial charge in [0, 0.05) is 0 Å². The Bertz CT molecular complexity index is 826. The maximum absolute atomic E-state index is 13.3. The summed E-state index contributed by atoms with van der Waals surface area (Å²) in [6.45, 7) is 6.44. The van der Waals surface area contributed by atoms with Gasteiger partial charge in [0.2, 0.25) is 0 Å². The van der Waals surface area contributed by atoms with Crippen LogP contribution in [0.3, 0.4) is 0 Å².